The lowest BCUT2D eigenvalue weighted by molar-refractivity contribution is -0.361. The number of allylic oxidation sites excluding steroid dienone is 4. The van der Waals surface area contributed by atoms with E-state index in [0.29, 0.717) is 110 Å². The fraction of sp³-hybridized carbons (Fsp3) is 0.420. The molecule has 8 aliphatic carbocycles. The highest BCUT2D eigenvalue weighted by Crippen LogP contribution is 2.47. The summed E-state index contributed by atoms with van der Waals surface area (Å²) in [6.45, 7) is 4.24. The zero-order valence-corrected chi connectivity index (χ0v) is 54.8. The molecule has 16 nitrogen and oxygen atoms in total. The maximum Gasteiger partial charge on any atom is 0.288 e. The molecular formula is C81H87N11O5+2. The van der Waals surface area contributed by atoms with Crippen molar-refractivity contribution >= 4 is 67.9 Å². The molecule has 1 aromatic heterocycles. The molecule has 6 heterocycles. The molecule has 5 aliphatic heterocycles. The van der Waals surface area contributed by atoms with E-state index in [1.807, 2.05) is 72.8 Å². The summed E-state index contributed by atoms with van der Waals surface area (Å²) >= 11 is 0. The van der Waals surface area contributed by atoms with Crippen molar-refractivity contribution in [3.8, 4) is 0 Å². The monoisotopic (exact) mass is 1290 g/mol. The summed E-state index contributed by atoms with van der Waals surface area (Å²) in [5.41, 5.74) is 10.3. The summed E-state index contributed by atoms with van der Waals surface area (Å²) in [5.74, 6) is 4.38. The van der Waals surface area contributed by atoms with Gasteiger partial charge in [0.2, 0.25) is 5.78 Å². The predicted molar refractivity (Wildman–Crippen MR) is 373 cm³/mol. The number of ketones is 5. The van der Waals surface area contributed by atoms with Gasteiger partial charge in [-0.15, -0.1) is 0 Å². The second-order valence-electron chi connectivity index (χ2n) is 30.0. The van der Waals surface area contributed by atoms with Gasteiger partial charge in [0, 0.05) is 62.5 Å². The number of carbonyl (C=O) groups excluding carboxylic acids is 5. The molecule has 10 atom stereocenters. The Morgan fingerprint density at radius 2 is 0.680 bits per heavy atom. The lowest BCUT2D eigenvalue weighted by Crippen LogP contribution is -2.61. The fourth-order valence-electron chi connectivity index (χ4n) is 20.5. The third-order valence-corrected chi connectivity index (χ3v) is 25.0. The first kappa shape index (κ1) is 61.3. The maximum absolute atomic E-state index is 13.4. The molecule has 20 rings (SSSR count). The molecule has 5 saturated heterocycles. The molecule has 9 fully saturated rings. The normalized spacial score (nSPS) is 33.9. The lowest BCUT2D eigenvalue weighted by Gasteiger charge is -2.35. The minimum absolute atomic E-state index is 0.0553. The smallest absolute Gasteiger partial charge is 0.288 e. The number of carbonyl (C=O) groups is 5. The highest BCUT2D eigenvalue weighted by Gasteiger charge is 2.55. The van der Waals surface area contributed by atoms with Crippen molar-refractivity contribution in [1.82, 2.24) is 42.5 Å². The number of Topliss-reactive ketones (excluding diaryl/α,β-unsaturated/α-hetero) is 2. The number of para-hydroxylation sites is 1. The number of hydrogen-bond acceptors (Lipinski definition) is 14. The van der Waals surface area contributed by atoms with Gasteiger partial charge in [-0.05, 0) is 140 Å². The van der Waals surface area contributed by atoms with Gasteiger partial charge in [-0.3, -0.25) is 66.5 Å². The third-order valence-electron chi connectivity index (χ3n) is 25.0. The van der Waals surface area contributed by atoms with Crippen molar-refractivity contribution < 1.29 is 33.9 Å². The fourth-order valence-corrected chi connectivity index (χ4v) is 20.5. The van der Waals surface area contributed by atoms with Crippen LogP contribution >= 0.6 is 0 Å². The van der Waals surface area contributed by atoms with E-state index < -0.39 is 11.8 Å². The van der Waals surface area contributed by atoms with E-state index in [0.717, 1.165) is 81.0 Å². The van der Waals surface area contributed by atoms with Gasteiger partial charge < -0.3 is 5.32 Å². The molecule has 0 amide bonds. The number of hydrogen-bond donors (Lipinski definition) is 9. The predicted octanol–water partition coefficient (Wildman–Crippen LogP) is 10.8. The first-order valence-electron chi connectivity index (χ1n) is 36.5. The van der Waals surface area contributed by atoms with Crippen molar-refractivity contribution in [3.05, 3.63) is 208 Å². The van der Waals surface area contributed by atoms with Gasteiger partial charge in [-0.2, -0.15) is 9.97 Å². The first-order valence-corrected chi connectivity index (χ1v) is 36.5. The summed E-state index contributed by atoms with van der Waals surface area (Å²) < 4.78 is 0. The van der Waals surface area contributed by atoms with Crippen LogP contribution < -0.4 is 57.8 Å². The lowest BCUT2D eigenvalue weighted by atomic mass is 9.72. The van der Waals surface area contributed by atoms with E-state index in [9.17, 15) is 24.0 Å². The average Bonchev–Trinajstić information content (AvgIpc) is 1.54. The van der Waals surface area contributed by atoms with Crippen LogP contribution in [0.2, 0.25) is 0 Å². The Morgan fingerprint density at radius 3 is 1.12 bits per heavy atom. The van der Waals surface area contributed by atoms with E-state index in [4.69, 9.17) is 0 Å². The average molecular weight is 1290 g/mol. The van der Waals surface area contributed by atoms with Crippen LogP contribution in [0, 0.1) is 59.2 Å². The number of benzene rings is 6. The molecule has 8 bridgehead atoms. The standard InChI is InChI=1S/C32H56N8.C28H14N2O4.C21H15NO/c1-2-10-18-17(9-1)25-33-26(18)38-28-21-13-5-6-14-22(21)30(35-28)40-32-24-16-8-7-15-23(24)31(36-32)39-29-20-12-4-3-11-19(20)27(34-29)37-25;31-25-13-5-1-3-7-15(13)27(33)21-17(25)9-11-19-23(21)29-20-12-10-18-22(24(20)30-19)28(34)16-8-4-2-6-14(16)26(18)32;1-14-16-10-5-6-11-17(16)21(23)18-12-7-13-19(20(14)18)22-15-8-3-2-4-9-15/h17-40H,1-16H2;1-13,15H;2-13,22H,1H2/p+2. The quantitative estimate of drug-likeness (QED) is 0.0735. The number of aromatic nitrogens is 2. The van der Waals surface area contributed by atoms with Crippen molar-refractivity contribution in [3.63, 3.8) is 0 Å². The van der Waals surface area contributed by atoms with Crippen LogP contribution in [0.4, 0.5) is 11.4 Å². The highest BCUT2D eigenvalue weighted by molar-refractivity contribution is 6.31. The molecule has 6 aromatic carbocycles. The van der Waals surface area contributed by atoms with E-state index in [2.05, 4.69) is 64.4 Å². The van der Waals surface area contributed by atoms with Crippen molar-refractivity contribution in [2.24, 2.45) is 59.2 Å². The topological polar surface area (TPSA) is 222 Å². The summed E-state index contributed by atoms with van der Waals surface area (Å²) in [4.78, 5) is 72.4. The summed E-state index contributed by atoms with van der Waals surface area (Å²) in [7, 11) is 0. The Balaban J connectivity index is 0.000000110. The highest BCUT2D eigenvalue weighted by atomic mass is 16.2. The van der Waals surface area contributed by atoms with Gasteiger partial charge in [-0.25, -0.2) is 0 Å². The van der Waals surface area contributed by atoms with Crippen LogP contribution in [0.25, 0.3) is 27.6 Å². The zero-order valence-electron chi connectivity index (χ0n) is 54.8. The Hall–Kier alpha value is -8.03. The van der Waals surface area contributed by atoms with Gasteiger partial charge in [0.15, 0.2) is 23.1 Å². The summed E-state index contributed by atoms with van der Waals surface area (Å²) in [6.07, 6.45) is 32.7. The van der Waals surface area contributed by atoms with Crippen LogP contribution in [0.3, 0.4) is 0 Å². The van der Waals surface area contributed by atoms with Gasteiger partial charge >= 0.3 is 0 Å². The molecule has 97 heavy (non-hydrogen) atoms. The Labute approximate surface area is 566 Å². The van der Waals surface area contributed by atoms with Gasteiger partial charge in [0.05, 0.1) is 61.2 Å². The number of anilines is 2. The number of H-pyrrole nitrogens is 2. The van der Waals surface area contributed by atoms with Gasteiger partial charge in [-0.1, -0.05) is 161 Å². The number of nitrogens with one attached hydrogen (secondary N) is 11. The van der Waals surface area contributed by atoms with Crippen LogP contribution in [-0.4, -0.2) is 78.2 Å². The van der Waals surface area contributed by atoms with E-state index in [1.165, 1.54) is 103 Å². The molecule has 0 radical (unpaired) electrons. The SMILES string of the molecule is C1CCC2C3NC(NC4NC(NC5NC(NC6NC(N3)C3CCCCC63)C3CCCCC53)C3CCCCC43)C2C1.C=C1c2ccccc2C(=O)c2cccc(Nc3ccccc3)c21.O=C1c2ccccc2C(=O)c2c1ccc1[nH+]c3c4c(ccc3[nH+]c21)C(=O)C1C=CC=CC1C4=O. The molecule has 10 unspecified atom stereocenters. The Morgan fingerprint density at radius 1 is 0.330 bits per heavy atom. The van der Waals surface area contributed by atoms with E-state index >= 15 is 0 Å². The number of rotatable bonds is 2. The zero-order chi connectivity index (χ0) is 65.2. The number of aromatic amines is 2. The molecule has 7 aromatic rings. The molecule has 16 heteroatoms. The van der Waals surface area contributed by atoms with Crippen LogP contribution in [0.1, 0.15) is 182 Å². The number of fused-ring (bicyclic) bond motifs is 30. The van der Waals surface area contributed by atoms with Crippen LogP contribution in [0.5, 0.6) is 0 Å². The molecule has 0 spiro atoms. The van der Waals surface area contributed by atoms with Gasteiger partial charge in [0.1, 0.15) is 11.1 Å². The maximum atomic E-state index is 13.4. The second kappa shape index (κ2) is 25.1. The van der Waals surface area contributed by atoms with E-state index in [-0.39, 0.29) is 28.9 Å². The molecule has 13 aliphatic rings. The van der Waals surface area contributed by atoms with Crippen LogP contribution in [-0.2, 0) is 0 Å². The molecule has 494 valence electrons. The molecule has 4 saturated carbocycles. The largest absolute Gasteiger partial charge is 0.355 e. The molecule has 11 N–H and O–H groups in total. The van der Waals surface area contributed by atoms with Gasteiger partial charge in [0.25, 0.3) is 22.1 Å². The first-order chi connectivity index (χ1) is 47.6. The Kier molecular flexibility index (Phi) is 15.8. The summed E-state index contributed by atoms with van der Waals surface area (Å²) in [6, 6.07) is 36.9. The second-order valence-corrected chi connectivity index (χ2v) is 30.0. The van der Waals surface area contributed by atoms with Crippen molar-refractivity contribution in [2.75, 3.05) is 5.32 Å². The third kappa shape index (κ3) is 10.5. The van der Waals surface area contributed by atoms with E-state index in [1.54, 1.807) is 72.8 Å². The van der Waals surface area contributed by atoms with Crippen molar-refractivity contribution in [1.29, 1.82) is 0 Å². The molecular weight excluding hydrogens is 1210 g/mol. The minimum Gasteiger partial charge on any atom is -0.355 e. The van der Waals surface area contributed by atoms with Crippen molar-refractivity contribution in [2.45, 2.75) is 152 Å². The summed E-state index contributed by atoms with van der Waals surface area (Å²) in [5, 5.41) is 37.2. The Bertz CT molecular complexity index is 4240. The minimum atomic E-state index is -0.529. The van der Waals surface area contributed by atoms with Crippen LogP contribution in [0.15, 0.2) is 152 Å².